The molecule has 0 aliphatic heterocycles. The van der Waals surface area contributed by atoms with Gasteiger partial charge in [0.25, 0.3) is 0 Å². The first kappa shape index (κ1) is 39.7. The van der Waals surface area contributed by atoms with Crippen molar-refractivity contribution in [2.24, 2.45) is 5.73 Å². The van der Waals surface area contributed by atoms with Crippen molar-refractivity contribution in [3.8, 4) is 0 Å². The highest BCUT2D eigenvalue weighted by molar-refractivity contribution is 7.47. The molecule has 0 radical (unpaired) electrons. The third kappa shape index (κ3) is 27.3. The monoisotopic (exact) mass is 607 g/mol. The fourth-order valence-electron chi connectivity index (χ4n) is 4.12. The average molecular weight is 608 g/mol. The van der Waals surface area contributed by atoms with Gasteiger partial charge in [-0.05, 0) is 38.5 Å². The minimum absolute atomic E-state index is 0.208. The Balaban J connectivity index is 4.32. The lowest BCUT2D eigenvalue weighted by atomic mass is 10.1. The summed E-state index contributed by atoms with van der Waals surface area (Å²) in [6, 6.07) is 0. The van der Waals surface area contributed by atoms with Crippen LogP contribution in [0.5, 0.6) is 0 Å². The molecule has 0 fully saturated rings. The number of phosphoric ester groups is 1. The van der Waals surface area contributed by atoms with Crippen LogP contribution in [0.1, 0.15) is 117 Å². The van der Waals surface area contributed by atoms with E-state index in [9.17, 15) is 19.0 Å². The summed E-state index contributed by atoms with van der Waals surface area (Å²) >= 11 is 0. The highest BCUT2D eigenvalue weighted by atomic mass is 31.2. The van der Waals surface area contributed by atoms with Crippen molar-refractivity contribution in [2.75, 3.05) is 40.9 Å². The molecule has 41 heavy (non-hydrogen) atoms. The molecular weight excluding hydrogens is 547 g/mol. The predicted molar refractivity (Wildman–Crippen MR) is 163 cm³/mol. The first-order chi connectivity index (χ1) is 19.4. The molecule has 0 aromatic heterocycles. The van der Waals surface area contributed by atoms with Crippen LogP contribution in [0.2, 0.25) is 0 Å². The zero-order valence-corrected chi connectivity index (χ0v) is 27.4. The number of quaternary nitrogens is 1. The maximum Gasteiger partial charge on any atom is 0.474 e. The van der Waals surface area contributed by atoms with Crippen LogP contribution in [0, 0.1) is 0 Å². The van der Waals surface area contributed by atoms with Crippen molar-refractivity contribution in [1.82, 2.24) is 0 Å². The molecule has 0 aromatic carbocycles. The number of phosphoric acid groups is 1. The molecule has 0 saturated carbocycles. The first-order valence-corrected chi connectivity index (χ1v) is 17.1. The lowest BCUT2D eigenvalue weighted by molar-refractivity contribution is -0.873. The van der Waals surface area contributed by atoms with Gasteiger partial charge in [-0.25, -0.2) is 4.57 Å². The van der Waals surface area contributed by atoms with Crippen molar-refractivity contribution in [3.63, 3.8) is 0 Å². The molecule has 2 unspecified atom stereocenters. The predicted octanol–water partition coefficient (Wildman–Crippen LogP) is 6.40. The Bertz CT molecular complexity index is 757. The molecular formula is C30H60N2O8P+. The normalized spacial score (nSPS) is 15.0. The van der Waals surface area contributed by atoms with Crippen molar-refractivity contribution in [2.45, 2.75) is 129 Å². The van der Waals surface area contributed by atoms with Gasteiger partial charge in [-0.2, -0.15) is 0 Å². The van der Waals surface area contributed by atoms with Gasteiger partial charge in [0.05, 0.1) is 27.7 Å². The maximum atomic E-state index is 12.4. The molecule has 0 aliphatic rings. The number of allylic oxidation sites excluding steroid dienone is 2. The van der Waals surface area contributed by atoms with Gasteiger partial charge in [0.1, 0.15) is 13.2 Å². The highest BCUT2D eigenvalue weighted by Crippen LogP contribution is 2.44. The van der Waals surface area contributed by atoms with E-state index in [1.807, 2.05) is 28.1 Å². The fraction of sp³-hybridized carbons (Fsp3) is 0.867. The van der Waals surface area contributed by atoms with Gasteiger partial charge < -0.3 is 24.6 Å². The van der Waals surface area contributed by atoms with Crippen molar-refractivity contribution >= 4 is 19.8 Å². The standard InChI is InChI=1S/C30H59N2O8P/c1-6-8-9-10-11-12-13-14-15-16-17-18-19-20-21-23-30(34)39-27(25-37-29(33)22-7-2)26-38-41(35,36)40-28(31)24-32(3,4)5/h14-15,27-28H,6-13,16-26,31H2,1-5H3/p+1/b15-14-/t27-,28?/m1/s1. The van der Waals surface area contributed by atoms with E-state index in [0.29, 0.717) is 17.3 Å². The Morgan fingerprint density at radius 2 is 1.37 bits per heavy atom. The zero-order valence-electron chi connectivity index (χ0n) is 26.5. The first-order valence-electron chi connectivity index (χ1n) is 15.6. The number of hydrogen-bond acceptors (Lipinski definition) is 8. The number of esters is 2. The van der Waals surface area contributed by atoms with Gasteiger partial charge in [0, 0.05) is 12.8 Å². The van der Waals surface area contributed by atoms with E-state index in [1.165, 1.54) is 44.9 Å². The number of unbranched alkanes of at least 4 members (excludes halogenated alkanes) is 11. The Morgan fingerprint density at radius 1 is 0.805 bits per heavy atom. The van der Waals surface area contributed by atoms with E-state index in [1.54, 1.807) is 0 Å². The van der Waals surface area contributed by atoms with Gasteiger partial charge in [-0.3, -0.25) is 18.6 Å². The van der Waals surface area contributed by atoms with Crippen molar-refractivity contribution in [1.29, 1.82) is 0 Å². The second-order valence-corrected chi connectivity index (χ2v) is 13.2. The van der Waals surface area contributed by atoms with Crippen LogP contribution in [0.15, 0.2) is 12.2 Å². The summed E-state index contributed by atoms with van der Waals surface area (Å²) in [4.78, 5) is 34.2. The Hall–Kier alpha value is -1.29. The van der Waals surface area contributed by atoms with Crippen LogP contribution >= 0.6 is 7.82 Å². The molecule has 0 amide bonds. The van der Waals surface area contributed by atoms with Crippen LogP contribution in [0.4, 0.5) is 0 Å². The van der Waals surface area contributed by atoms with Crippen LogP contribution in [-0.4, -0.2) is 74.5 Å². The van der Waals surface area contributed by atoms with E-state index in [2.05, 4.69) is 19.1 Å². The van der Waals surface area contributed by atoms with Crippen molar-refractivity contribution in [3.05, 3.63) is 12.2 Å². The number of nitrogens with two attached hydrogens (primary N) is 1. The summed E-state index contributed by atoms with van der Waals surface area (Å²) in [5, 5.41) is 0. The van der Waals surface area contributed by atoms with Gasteiger partial charge >= 0.3 is 19.8 Å². The summed E-state index contributed by atoms with van der Waals surface area (Å²) < 4.78 is 33.3. The molecule has 0 saturated heterocycles. The number of carbonyl (C=O) groups is 2. The number of carbonyl (C=O) groups excluding carboxylic acids is 2. The van der Waals surface area contributed by atoms with E-state index < -0.39 is 38.7 Å². The smallest absolute Gasteiger partial charge is 0.462 e. The number of likely N-dealkylation sites (N-methyl/N-ethyl adjacent to an activating group) is 1. The number of nitrogens with zero attached hydrogens (tertiary/aromatic N) is 1. The number of ether oxygens (including phenoxy) is 2. The Morgan fingerprint density at radius 3 is 1.93 bits per heavy atom. The van der Waals surface area contributed by atoms with Crippen LogP contribution < -0.4 is 5.73 Å². The molecule has 0 aliphatic carbocycles. The van der Waals surface area contributed by atoms with Crippen LogP contribution in [0.3, 0.4) is 0 Å². The average Bonchev–Trinajstić information content (AvgIpc) is 2.86. The van der Waals surface area contributed by atoms with Gasteiger partial charge in [-0.1, -0.05) is 77.4 Å². The molecule has 3 atom stereocenters. The Kier molecular flexibility index (Phi) is 23.4. The molecule has 242 valence electrons. The molecule has 3 N–H and O–H groups in total. The van der Waals surface area contributed by atoms with Gasteiger partial charge in [0.2, 0.25) is 0 Å². The largest absolute Gasteiger partial charge is 0.474 e. The zero-order chi connectivity index (χ0) is 31.0. The van der Waals surface area contributed by atoms with Crippen molar-refractivity contribution < 1.29 is 42.1 Å². The summed E-state index contributed by atoms with van der Waals surface area (Å²) in [7, 11) is 1.07. The van der Waals surface area contributed by atoms with E-state index in [0.717, 1.165) is 32.1 Å². The van der Waals surface area contributed by atoms with Gasteiger partial charge in [-0.15, -0.1) is 0 Å². The van der Waals surface area contributed by atoms with E-state index in [-0.39, 0.29) is 26.0 Å². The molecule has 0 heterocycles. The molecule has 0 bridgehead atoms. The third-order valence-corrected chi connectivity index (χ3v) is 7.26. The van der Waals surface area contributed by atoms with Crippen LogP contribution in [-0.2, 0) is 32.7 Å². The summed E-state index contributed by atoms with van der Waals surface area (Å²) in [5.74, 6) is -0.919. The van der Waals surface area contributed by atoms with E-state index >= 15 is 0 Å². The quantitative estimate of drug-likeness (QED) is 0.0271. The summed E-state index contributed by atoms with van der Waals surface area (Å²) in [6.45, 7) is 3.61. The van der Waals surface area contributed by atoms with Crippen LogP contribution in [0.25, 0.3) is 0 Å². The summed E-state index contributed by atoms with van der Waals surface area (Å²) in [6.07, 6.45) is 18.7. The third-order valence-electron chi connectivity index (χ3n) is 6.24. The molecule has 10 nitrogen and oxygen atoms in total. The fourth-order valence-corrected chi connectivity index (χ4v) is 4.94. The SMILES string of the molecule is CCCCCCCC/C=C\CCCCCCCC(=O)O[C@H](COC(=O)CCC)COP(=O)(O)OC(N)C[N+](C)(C)C. The summed E-state index contributed by atoms with van der Waals surface area (Å²) in [5.41, 5.74) is 5.80. The van der Waals surface area contributed by atoms with E-state index in [4.69, 9.17) is 24.3 Å². The lowest BCUT2D eigenvalue weighted by Crippen LogP contribution is -2.45. The van der Waals surface area contributed by atoms with Gasteiger partial charge in [0.15, 0.2) is 12.3 Å². The lowest BCUT2D eigenvalue weighted by Gasteiger charge is -2.28. The highest BCUT2D eigenvalue weighted by Gasteiger charge is 2.30. The molecule has 0 aromatic rings. The molecule has 11 heteroatoms. The second kappa shape index (κ2) is 24.2. The second-order valence-electron chi connectivity index (χ2n) is 11.8. The maximum absolute atomic E-state index is 12.4. The number of hydrogen-bond donors (Lipinski definition) is 2. The Labute approximate surface area is 249 Å². The molecule has 0 spiro atoms. The number of rotatable bonds is 27. The minimum atomic E-state index is -4.52. The topological polar surface area (TPSA) is 134 Å². The molecule has 0 rings (SSSR count). The minimum Gasteiger partial charge on any atom is -0.462 e.